The number of imidazole rings is 1. The molecule has 0 spiro atoms. The molecular formula is C27H32F2N6O3. The van der Waals surface area contributed by atoms with Crippen LogP contribution in [0.3, 0.4) is 0 Å². The molecule has 0 saturated carbocycles. The summed E-state index contributed by atoms with van der Waals surface area (Å²) in [5, 5.41) is 4.45. The third-order valence-electron chi connectivity index (χ3n) is 6.93. The third kappa shape index (κ3) is 4.70. The average molecular weight is 527 g/mol. The van der Waals surface area contributed by atoms with E-state index in [1.54, 1.807) is 29.2 Å². The lowest BCUT2D eigenvalue weighted by molar-refractivity contribution is -0.0286. The Hall–Kier alpha value is -3.60. The van der Waals surface area contributed by atoms with E-state index < -0.39 is 12.2 Å². The Morgan fingerprint density at radius 1 is 1.16 bits per heavy atom. The monoisotopic (exact) mass is 526 g/mol. The third-order valence-corrected chi connectivity index (χ3v) is 6.93. The van der Waals surface area contributed by atoms with E-state index in [4.69, 9.17) is 9.72 Å². The van der Waals surface area contributed by atoms with Gasteiger partial charge in [-0.2, -0.15) is 5.10 Å². The molecule has 0 amide bonds. The van der Waals surface area contributed by atoms with Crippen LogP contribution < -0.4 is 11.2 Å². The Bertz CT molecular complexity index is 1570. The molecule has 5 rings (SSSR count). The van der Waals surface area contributed by atoms with Gasteiger partial charge in [-0.15, -0.1) is 0 Å². The highest BCUT2D eigenvalue weighted by molar-refractivity contribution is 5.77. The smallest absolute Gasteiger partial charge is 0.332 e. The predicted octanol–water partition coefficient (Wildman–Crippen LogP) is 4.51. The summed E-state index contributed by atoms with van der Waals surface area (Å²) < 4.78 is 40.0. The summed E-state index contributed by atoms with van der Waals surface area (Å²) in [5.41, 5.74) is 1.18. The number of benzene rings is 1. The van der Waals surface area contributed by atoms with Crippen LogP contribution in [0.25, 0.3) is 22.6 Å². The van der Waals surface area contributed by atoms with Crippen LogP contribution in [0.4, 0.5) is 8.78 Å². The van der Waals surface area contributed by atoms with Crippen molar-refractivity contribution in [2.45, 2.75) is 78.2 Å². The normalized spacial score (nSPS) is 16.4. The Labute approximate surface area is 218 Å². The lowest BCUT2D eigenvalue weighted by atomic mass is 10.1. The molecule has 1 aromatic carbocycles. The molecule has 1 aliphatic heterocycles. The number of halogens is 2. The molecule has 0 bridgehead atoms. The van der Waals surface area contributed by atoms with Gasteiger partial charge < -0.3 is 4.74 Å². The number of nitrogens with zero attached hydrogens (tertiary/aromatic N) is 6. The molecule has 1 fully saturated rings. The first-order chi connectivity index (χ1) is 18.2. The molecule has 4 aromatic rings. The molecule has 0 radical (unpaired) electrons. The van der Waals surface area contributed by atoms with Crippen LogP contribution in [-0.4, -0.2) is 35.1 Å². The van der Waals surface area contributed by atoms with Crippen LogP contribution in [0.2, 0.25) is 0 Å². The van der Waals surface area contributed by atoms with Gasteiger partial charge in [0.2, 0.25) is 0 Å². The second-order valence-corrected chi connectivity index (χ2v) is 9.80. The molecule has 4 heterocycles. The lowest BCUT2D eigenvalue weighted by Gasteiger charge is -2.25. The maximum absolute atomic E-state index is 13.8. The van der Waals surface area contributed by atoms with Crippen molar-refractivity contribution in [3.8, 4) is 11.4 Å². The van der Waals surface area contributed by atoms with Gasteiger partial charge in [-0.25, -0.2) is 18.6 Å². The standard InChI is InChI=1S/C27H32F2N6O3/c1-4-12-34-25(36)22-24(33(5-2)26(34)37)31-23(35(22)21-11-6-7-13-38-21)19-15-30-32(17-19)16-18-9-8-10-20(14-18)27(3,28)29/h8-10,14-15,17,21H,4-7,11-13,16H2,1-3H3. The minimum atomic E-state index is -2.93. The van der Waals surface area contributed by atoms with Crippen LogP contribution in [0.5, 0.6) is 0 Å². The zero-order chi connectivity index (χ0) is 27.0. The topological polar surface area (TPSA) is 88.9 Å². The Morgan fingerprint density at radius 2 is 1.97 bits per heavy atom. The first-order valence-corrected chi connectivity index (χ1v) is 13.1. The van der Waals surface area contributed by atoms with Crippen molar-refractivity contribution in [2.24, 2.45) is 0 Å². The average Bonchev–Trinajstić information content (AvgIpc) is 3.52. The molecule has 0 aliphatic carbocycles. The maximum Gasteiger partial charge on any atom is 0.332 e. The van der Waals surface area contributed by atoms with E-state index >= 15 is 0 Å². The summed E-state index contributed by atoms with van der Waals surface area (Å²) in [7, 11) is 0. The number of hydrogen-bond donors (Lipinski definition) is 0. The summed E-state index contributed by atoms with van der Waals surface area (Å²) in [6, 6.07) is 6.27. The molecule has 11 heteroatoms. The Balaban J connectivity index is 1.64. The first-order valence-electron chi connectivity index (χ1n) is 13.1. The zero-order valence-corrected chi connectivity index (χ0v) is 21.9. The summed E-state index contributed by atoms with van der Waals surface area (Å²) in [4.78, 5) is 31.6. The van der Waals surface area contributed by atoms with Crippen molar-refractivity contribution in [3.05, 3.63) is 68.6 Å². The van der Waals surface area contributed by atoms with Crippen LogP contribution in [0.15, 0.2) is 46.2 Å². The van der Waals surface area contributed by atoms with Gasteiger partial charge in [-0.3, -0.25) is 23.2 Å². The SMILES string of the molecule is CCCn1c(=O)c2c(nc(-c3cnn(Cc4cccc(C(C)(F)F)c4)c3)n2C2CCCCO2)n(CC)c1=O. The van der Waals surface area contributed by atoms with E-state index in [1.165, 1.54) is 21.3 Å². The second-order valence-electron chi connectivity index (χ2n) is 9.80. The summed E-state index contributed by atoms with van der Waals surface area (Å²) in [6.45, 7) is 6.17. The van der Waals surface area contributed by atoms with Crippen LogP contribution in [0.1, 0.15) is 63.8 Å². The Kier molecular flexibility index (Phi) is 7.04. The number of hydrogen-bond acceptors (Lipinski definition) is 5. The molecule has 1 atom stereocenters. The number of alkyl halides is 2. The largest absolute Gasteiger partial charge is 0.358 e. The van der Waals surface area contributed by atoms with E-state index in [0.717, 1.165) is 19.8 Å². The fourth-order valence-corrected chi connectivity index (χ4v) is 5.07. The number of rotatable bonds is 8. The lowest BCUT2D eigenvalue weighted by Crippen LogP contribution is -2.40. The number of ether oxygens (including phenoxy) is 1. The van der Waals surface area contributed by atoms with Gasteiger partial charge in [0.1, 0.15) is 12.1 Å². The van der Waals surface area contributed by atoms with Crippen LogP contribution >= 0.6 is 0 Å². The number of fused-ring (bicyclic) bond motifs is 1. The Morgan fingerprint density at radius 3 is 2.66 bits per heavy atom. The highest BCUT2D eigenvalue weighted by atomic mass is 19.3. The fourth-order valence-electron chi connectivity index (χ4n) is 5.07. The molecule has 1 saturated heterocycles. The highest BCUT2D eigenvalue weighted by Gasteiger charge is 2.28. The molecule has 1 aliphatic rings. The van der Waals surface area contributed by atoms with Gasteiger partial charge in [-0.05, 0) is 44.2 Å². The fraction of sp³-hybridized carbons (Fsp3) is 0.481. The van der Waals surface area contributed by atoms with E-state index in [-0.39, 0.29) is 23.4 Å². The minimum absolute atomic E-state index is 0.0560. The van der Waals surface area contributed by atoms with Crippen molar-refractivity contribution in [1.82, 2.24) is 28.5 Å². The van der Waals surface area contributed by atoms with E-state index in [1.807, 2.05) is 18.4 Å². The highest BCUT2D eigenvalue weighted by Crippen LogP contribution is 2.32. The van der Waals surface area contributed by atoms with Crippen molar-refractivity contribution in [3.63, 3.8) is 0 Å². The molecule has 0 N–H and O–H groups in total. The van der Waals surface area contributed by atoms with Gasteiger partial charge in [0.15, 0.2) is 11.2 Å². The first kappa shape index (κ1) is 26.0. The van der Waals surface area contributed by atoms with Gasteiger partial charge in [0, 0.05) is 38.4 Å². The molecular weight excluding hydrogens is 494 g/mol. The van der Waals surface area contributed by atoms with Gasteiger partial charge in [0.05, 0.1) is 18.3 Å². The van der Waals surface area contributed by atoms with Crippen molar-refractivity contribution in [2.75, 3.05) is 6.61 Å². The summed E-state index contributed by atoms with van der Waals surface area (Å²) in [6.07, 6.45) is 6.24. The van der Waals surface area contributed by atoms with Crippen molar-refractivity contribution < 1.29 is 13.5 Å². The molecule has 1 unspecified atom stereocenters. The summed E-state index contributed by atoms with van der Waals surface area (Å²) in [5.74, 6) is -2.45. The predicted molar refractivity (Wildman–Crippen MR) is 139 cm³/mol. The second kappa shape index (κ2) is 10.3. The van der Waals surface area contributed by atoms with Crippen LogP contribution in [0, 0.1) is 0 Å². The van der Waals surface area contributed by atoms with Crippen molar-refractivity contribution in [1.29, 1.82) is 0 Å². The van der Waals surface area contributed by atoms with Gasteiger partial charge in [0.25, 0.3) is 11.5 Å². The van der Waals surface area contributed by atoms with Crippen molar-refractivity contribution >= 4 is 11.2 Å². The summed E-state index contributed by atoms with van der Waals surface area (Å²) >= 11 is 0. The van der Waals surface area contributed by atoms with Gasteiger partial charge in [-0.1, -0.05) is 25.1 Å². The minimum Gasteiger partial charge on any atom is -0.358 e. The van der Waals surface area contributed by atoms with Gasteiger partial charge >= 0.3 is 5.69 Å². The molecule has 38 heavy (non-hydrogen) atoms. The number of aromatic nitrogens is 6. The quantitative estimate of drug-likeness (QED) is 0.337. The molecule has 3 aromatic heterocycles. The van der Waals surface area contributed by atoms with E-state index in [2.05, 4.69) is 5.10 Å². The molecule has 202 valence electrons. The number of aryl methyl sites for hydroxylation is 1. The zero-order valence-electron chi connectivity index (χ0n) is 21.9. The van der Waals surface area contributed by atoms with Crippen LogP contribution in [-0.2, 0) is 30.3 Å². The molecule has 9 nitrogen and oxygen atoms in total. The maximum atomic E-state index is 13.8. The van der Waals surface area contributed by atoms with E-state index in [9.17, 15) is 18.4 Å². The van der Waals surface area contributed by atoms with E-state index in [0.29, 0.717) is 60.7 Å².